The van der Waals surface area contributed by atoms with E-state index in [2.05, 4.69) is 5.32 Å². The van der Waals surface area contributed by atoms with Crippen molar-refractivity contribution in [2.24, 2.45) is 0 Å². The number of anilines is 1. The first-order valence-electron chi connectivity index (χ1n) is 10.6. The quantitative estimate of drug-likeness (QED) is 0.583. The van der Waals surface area contributed by atoms with Crippen molar-refractivity contribution in [3.8, 4) is 11.5 Å². The minimum atomic E-state index is -3.71. The molecule has 9 nitrogen and oxygen atoms in total. The summed E-state index contributed by atoms with van der Waals surface area (Å²) in [6.07, 6.45) is 2.63. The zero-order valence-corrected chi connectivity index (χ0v) is 19.7. The van der Waals surface area contributed by atoms with Gasteiger partial charge in [-0.05, 0) is 37.5 Å². The molecule has 178 valence electrons. The number of amides is 1. The number of aryl methyl sites for hydroxylation is 1. The van der Waals surface area contributed by atoms with Crippen molar-refractivity contribution < 1.29 is 32.2 Å². The normalized spacial score (nSPS) is 14.4. The van der Waals surface area contributed by atoms with E-state index < -0.39 is 28.5 Å². The van der Waals surface area contributed by atoms with Crippen molar-refractivity contribution in [3.63, 3.8) is 0 Å². The van der Waals surface area contributed by atoms with Gasteiger partial charge in [-0.1, -0.05) is 12.5 Å². The van der Waals surface area contributed by atoms with E-state index in [1.165, 1.54) is 30.7 Å². The molecule has 1 fully saturated rings. The van der Waals surface area contributed by atoms with E-state index in [1.54, 1.807) is 31.2 Å². The summed E-state index contributed by atoms with van der Waals surface area (Å²) in [5.41, 5.74) is 1.02. The molecule has 0 unspecified atom stereocenters. The van der Waals surface area contributed by atoms with Gasteiger partial charge in [0.25, 0.3) is 5.91 Å². The van der Waals surface area contributed by atoms with E-state index in [9.17, 15) is 18.0 Å². The van der Waals surface area contributed by atoms with Crippen LogP contribution in [-0.4, -0.2) is 58.5 Å². The van der Waals surface area contributed by atoms with Crippen molar-refractivity contribution in [1.29, 1.82) is 0 Å². The average Bonchev–Trinajstić information content (AvgIpc) is 2.82. The summed E-state index contributed by atoms with van der Waals surface area (Å²) in [4.78, 5) is 24.9. The van der Waals surface area contributed by atoms with Crippen molar-refractivity contribution >= 4 is 27.6 Å². The molecule has 33 heavy (non-hydrogen) atoms. The maximum atomic E-state index is 13.0. The number of hydrogen-bond donors (Lipinski definition) is 1. The molecule has 0 aliphatic carbocycles. The first kappa shape index (κ1) is 24.5. The van der Waals surface area contributed by atoms with Gasteiger partial charge in [0.2, 0.25) is 10.0 Å². The Kier molecular flexibility index (Phi) is 7.93. The molecule has 3 rings (SSSR count). The third-order valence-corrected chi connectivity index (χ3v) is 7.37. The highest BCUT2D eigenvalue weighted by Crippen LogP contribution is 2.26. The summed E-state index contributed by atoms with van der Waals surface area (Å²) in [6, 6.07) is 9.21. The summed E-state index contributed by atoms with van der Waals surface area (Å²) in [7, 11) is -0.732. The molecule has 1 aliphatic heterocycles. The van der Waals surface area contributed by atoms with Crippen LogP contribution in [0.15, 0.2) is 41.3 Å². The largest absolute Gasteiger partial charge is 0.497 e. The third kappa shape index (κ3) is 6.02. The fourth-order valence-electron chi connectivity index (χ4n) is 3.54. The lowest BCUT2D eigenvalue weighted by atomic mass is 10.1. The van der Waals surface area contributed by atoms with E-state index in [-0.39, 0.29) is 10.5 Å². The summed E-state index contributed by atoms with van der Waals surface area (Å²) in [5.74, 6) is -0.372. The van der Waals surface area contributed by atoms with Crippen LogP contribution in [0.5, 0.6) is 11.5 Å². The molecule has 0 bridgehead atoms. The van der Waals surface area contributed by atoms with Crippen LogP contribution in [0, 0.1) is 6.92 Å². The Morgan fingerprint density at radius 1 is 0.970 bits per heavy atom. The van der Waals surface area contributed by atoms with Gasteiger partial charge in [-0.3, -0.25) is 4.79 Å². The lowest BCUT2D eigenvalue weighted by Crippen LogP contribution is -2.36. The Balaban J connectivity index is 1.67. The maximum absolute atomic E-state index is 13.0. The molecular formula is C23H28N2O7S. The van der Waals surface area contributed by atoms with Gasteiger partial charge in [0.1, 0.15) is 11.5 Å². The Labute approximate surface area is 193 Å². The zero-order valence-electron chi connectivity index (χ0n) is 18.9. The van der Waals surface area contributed by atoms with E-state index in [0.29, 0.717) is 35.8 Å². The number of esters is 1. The molecule has 0 aromatic heterocycles. The SMILES string of the molecule is COc1cc(NC(=O)COC(=O)c2ccc(C)c(S(=O)(=O)N3CCCCC3)c2)cc(OC)c1. The molecule has 1 N–H and O–H groups in total. The summed E-state index contributed by atoms with van der Waals surface area (Å²) < 4.78 is 43.0. The van der Waals surface area contributed by atoms with E-state index in [4.69, 9.17) is 14.2 Å². The summed E-state index contributed by atoms with van der Waals surface area (Å²) in [5, 5.41) is 2.61. The Bertz CT molecular complexity index is 1100. The van der Waals surface area contributed by atoms with Gasteiger partial charge < -0.3 is 19.5 Å². The van der Waals surface area contributed by atoms with Gasteiger partial charge >= 0.3 is 5.97 Å². The minimum absolute atomic E-state index is 0.0621. The molecule has 1 heterocycles. The number of ether oxygens (including phenoxy) is 3. The second-order valence-corrected chi connectivity index (χ2v) is 9.58. The van der Waals surface area contributed by atoms with Crippen LogP contribution < -0.4 is 14.8 Å². The molecule has 0 saturated carbocycles. The van der Waals surface area contributed by atoms with Gasteiger partial charge in [0.05, 0.1) is 24.7 Å². The van der Waals surface area contributed by atoms with Crippen molar-refractivity contribution in [1.82, 2.24) is 4.31 Å². The Morgan fingerprint density at radius 2 is 1.61 bits per heavy atom. The predicted octanol–water partition coefficient (Wildman–Crippen LogP) is 2.98. The topological polar surface area (TPSA) is 111 Å². The van der Waals surface area contributed by atoms with Crippen molar-refractivity contribution in [3.05, 3.63) is 47.5 Å². The summed E-state index contributed by atoms with van der Waals surface area (Å²) >= 11 is 0. The Hall–Kier alpha value is -3.11. The first-order chi connectivity index (χ1) is 15.7. The standard InChI is InChI=1S/C23H28N2O7S/c1-16-7-8-17(11-21(16)33(28,29)25-9-5-4-6-10-25)23(27)32-15-22(26)24-18-12-19(30-2)14-20(13-18)31-3/h7-8,11-14H,4-6,9-10,15H2,1-3H3,(H,24,26). The number of carbonyl (C=O) groups is 2. The number of methoxy groups -OCH3 is 2. The molecule has 0 atom stereocenters. The van der Waals surface area contributed by atoms with Crippen LogP contribution >= 0.6 is 0 Å². The smallest absolute Gasteiger partial charge is 0.338 e. The van der Waals surface area contributed by atoms with Gasteiger partial charge in [-0.2, -0.15) is 4.31 Å². The zero-order chi connectivity index (χ0) is 24.0. The highest BCUT2D eigenvalue weighted by molar-refractivity contribution is 7.89. The number of nitrogens with zero attached hydrogens (tertiary/aromatic N) is 1. The first-order valence-corrected chi connectivity index (χ1v) is 12.0. The molecule has 2 aromatic carbocycles. The fourth-order valence-corrected chi connectivity index (χ4v) is 5.31. The van der Waals surface area contributed by atoms with E-state index in [1.807, 2.05) is 0 Å². The van der Waals surface area contributed by atoms with Crippen LogP contribution in [0.3, 0.4) is 0 Å². The number of rotatable bonds is 8. The monoisotopic (exact) mass is 476 g/mol. The van der Waals surface area contributed by atoms with E-state index >= 15 is 0 Å². The molecule has 2 aromatic rings. The second-order valence-electron chi connectivity index (χ2n) is 7.67. The predicted molar refractivity (Wildman–Crippen MR) is 122 cm³/mol. The van der Waals surface area contributed by atoms with Gasteiger partial charge in [0, 0.05) is 37.0 Å². The number of nitrogens with one attached hydrogen (secondary N) is 1. The fraction of sp³-hybridized carbons (Fsp3) is 0.391. The lowest BCUT2D eigenvalue weighted by molar-refractivity contribution is -0.119. The molecule has 0 spiro atoms. The van der Waals surface area contributed by atoms with Crippen molar-refractivity contribution in [2.75, 3.05) is 39.2 Å². The van der Waals surface area contributed by atoms with Crippen LogP contribution in [0.1, 0.15) is 35.2 Å². The molecule has 1 saturated heterocycles. The number of benzene rings is 2. The lowest BCUT2D eigenvalue weighted by Gasteiger charge is -2.26. The Morgan fingerprint density at radius 3 is 2.21 bits per heavy atom. The van der Waals surface area contributed by atoms with Crippen molar-refractivity contribution in [2.45, 2.75) is 31.1 Å². The maximum Gasteiger partial charge on any atom is 0.338 e. The number of sulfonamides is 1. The van der Waals surface area contributed by atoms with Gasteiger partial charge in [-0.15, -0.1) is 0 Å². The van der Waals surface area contributed by atoms with Gasteiger partial charge in [-0.25, -0.2) is 13.2 Å². The van der Waals surface area contributed by atoms with Crippen LogP contribution in [0.2, 0.25) is 0 Å². The molecule has 10 heteroatoms. The average molecular weight is 477 g/mol. The van der Waals surface area contributed by atoms with E-state index in [0.717, 1.165) is 19.3 Å². The third-order valence-electron chi connectivity index (χ3n) is 5.33. The minimum Gasteiger partial charge on any atom is -0.497 e. The molecule has 1 amide bonds. The van der Waals surface area contributed by atoms with Crippen LogP contribution in [-0.2, 0) is 19.6 Å². The highest BCUT2D eigenvalue weighted by atomic mass is 32.2. The molecular weight excluding hydrogens is 448 g/mol. The molecule has 0 radical (unpaired) electrons. The summed E-state index contributed by atoms with van der Waals surface area (Å²) in [6.45, 7) is 2.07. The van der Waals surface area contributed by atoms with Crippen LogP contribution in [0.4, 0.5) is 5.69 Å². The van der Waals surface area contributed by atoms with Gasteiger partial charge in [0.15, 0.2) is 6.61 Å². The number of hydrogen-bond acceptors (Lipinski definition) is 7. The number of carbonyl (C=O) groups excluding carboxylic acids is 2. The highest BCUT2D eigenvalue weighted by Gasteiger charge is 2.28. The molecule has 1 aliphatic rings. The van der Waals surface area contributed by atoms with Crippen LogP contribution in [0.25, 0.3) is 0 Å². The second kappa shape index (κ2) is 10.7. The number of piperidine rings is 1.